The number of hydrogen-bond donors (Lipinski definition) is 0. The summed E-state index contributed by atoms with van der Waals surface area (Å²) in [6, 6.07) is 11.6. The van der Waals surface area contributed by atoms with Gasteiger partial charge in [-0.2, -0.15) is 0 Å². The SMILES string of the molecule is COc1ccc(OCCN(C)Cc2cc3c(cc2Br)OCCO3)cc1. The third kappa shape index (κ3) is 4.80. The molecule has 0 aromatic heterocycles. The molecule has 0 atom stereocenters. The number of hydrogen-bond acceptors (Lipinski definition) is 5. The molecule has 0 unspecified atom stereocenters. The zero-order chi connectivity index (χ0) is 17.6. The summed E-state index contributed by atoms with van der Waals surface area (Å²) in [7, 11) is 3.72. The van der Waals surface area contributed by atoms with Crippen molar-refractivity contribution in [1.29, 1.82) is 0 Å². The van der Waals surface area contributed by atoms with Gasteiger partial charge in [0.2, 0.25) is 0 Å². The topological polar surface area (TPSA) is 40.2 Å². The normalized spacial score (nSPS) is 13.0. The first-order valence-electron chi connectivity index (χ1n) is 8.19. The van der Waals surface area contributed by atoms with Crippen LogP contribution < -0.4 is 18.9 Å². The zero-order valence-electron chi connectivity index (χ0n) is 14.5. The van der Waals surface area contributed by atoms with Gasteiger partial charge in [-0.15, -0.1) is 0 Å². The van der Waals surface area contributed by atoms with Crippen LogP contribution in [0.15, 0.2) is 40.9 Å². The average molecular weight is 408 g/mol. The fourth-order valence-electron chi connectivity index (χ4n) is 2.59. The smallest absolute Gasteiger partial charge is 0.162 e. The summed E-state index contributed by atoms with van der Waals surface area (Å²) >= 11 is 3.62. The van der Waals surface area contributed by atoms with Gasteiger partial charge in [0.1, 0.15) is 31.3 Å². The van der Waals surface area contributed by atoms with Crippen molar-refractivity contribution in [3.63, 3.8) is 0 Å². The van der Waals surface area contributed by atoms with E-state index < -0.39 is 0 Å². The highest BCUT2D eigenvalue weighted by atomic mass is 79.9. The maximum atomic E-state index is 5.78. The molecule has 0 aliphatic carbocycles. The molecule has 0 amide bonds. The Morgan fingerprint density at radius 3 is 2.36 bits per heavy atom. The van der Waals surface area contributed by atoms with Crippen LogP contribution in [0.5, 0.6) is 23.0 Å². The van der Waals surface area contributed by atoms with Crippen LogP contribution in [-0.4, -0.2) is 45.4 Å². The summed E-state index contributed by atoms with van der Waals surface area (Å²) in [5.74, 6) is 3.28. The van der Waals surface area contributed by atoms with Crippen molar-refractivity contribution in [3.8, 4) is 23.0 Å². The molecule has 0 saturated heterocycles. The number of fused-ring (bicyclic) bond motifs is 1. The number of rotatable bonds is 7. The van der Waals surface area contributed by atoms with Gasteiger partial charge in [-0.25, -0.2) is 0 Å². The van der Waals surface area contributed by atoms with Crippen molar-refractivity contribution in [1.82, 2.24) is 4.90 Å². The molecule has 0 bridgehead atoms. The monoisotopic (exact) mass is 407 g/mol. The average Bonchev–Trinajstić information content (AvgIpc) is 2.63. The number of likely N-dealkylation sites (N-methyl/N-ethyl adjacent to an activating group) is 1. The van der Waals surface area contributed by atoms with Crippen LogP contribution in [0.25, 0.3) is 0 Å². The van der Waals surface area contributed by atoms with E-state index in [2.05, 4.69) is 27.9 Å². The van der Waals surface area contributed by atoms with Crippen molar-refractivity contribution in [2.75, 3.05) is 40.5 Å². The number of methoxy groups -OCH3 is 1. The lowest BCUT2D eigenvalue weighted by Crippen LogP contribution is -2.24. The molecule has 3 rings (SSSR count). The van der Waals surface area contributed by atoms with E-state index in [9.17, 15) is 0 Å². The van der Waals surface area contributed by atoms with Crippen molar-refractivity contribution in [2.24, 2.45) is 0 Å². The Kier molecular flexibility index (Phi) is 6.04. The van der Waals surface area contributed by atoms with Crippen molar-refractivity contribution < 1.29 is 18.9 Å². The van der Waals surface area contributed by atoms with Crippen LogP contribution >= 0.6 is 15.9 Å². The molecular formula is C19H22BrNO4. The van der Waals surface area contributed by atoms with E-state index in [-0.39, 0.29) is 0 Å². The zero-order valence-corrected chi connectivity index (χ0v) is 16.0. The lowest BCUT2D eigenvalue weighted by atomic mass is 10.2. The lowest BCUT2D eigenvalue weighted by molar-refractivity contribution is 0.171. The van der Waals surface area contributed by atoms with E-state index >= 15 is 0 Å². The number of ether oxygens (including phenoxy) is 4. The summed E-state index contributed by atoms with van der Waals surface area (Å²) in [6.07, 6.45) is 0. The summed E-state index contributed by atoms with van der Waals surface area (Å²) in [6.45, 7) is 3.42. The van der Waals surface area contributed by atoms with Crippen LogP contribution in [-0.2, 0) is 6.54 Å². The molecule has 1 heterocycles. The fourth-order valence-corrected chi connectivity index (χ4v) is 3.04. The number of nitrogens with zero attached hydrogens (tertiary/aromatic N) is 1. The molecule has 0 N–H and O–H groups in total. The number of benzene rings is 2. The Labute approximate surface area is 156 Å². The Morgan fingerprint density at radius 2 is 1.68 bits per heavy atom. The van der Waals surface area contributed by atoms with E-state index in [4.69, 9.17) is 18.9 Å². The summed E-state index contributed by atoms with van der Waals surface area (Å²) in [4.78, 5) is 2.21. The number of halogens is 1. The molecule has 1 aliphatic rings. The van der Waals surface area contributed by atoms with Crippen LogP contribution in [0, 0.1) is 0 Å². The predicted molar refractivity (Wildman–Crippen MR) is 100.0 cm³/mol. The molecule has 0 radical (unpaired) electrons. The van der Waals surface area contributed by atoms with Gasteiger partial charge in [-0.3, -0.25) is 4.90 Å². The van der Waals surface area contributed by atoms with Crippen LogP contribution in [0.3, 0.4) is 0 Å². The maximum absolute atomic E-state index is 5.78. The predicted octanol–water partition coefficient (Wildman–Crippen LogP) is 3.74. The molecule has 5 nitrogen and oxygen atoms in total. The minimum atomic E-state index is 0.597. The Bertz CT molecular complexity index is 705. The van der Waals surface area contributed by atoms with E-state index in [1.165, 1.54) is 0 Å². The largest absolute Gasteiger partial charge is 0.497 e. The van der Waals surface area contributed by atoms with Crippen molar-refractivity contribution in [3.05, 3.63) is 46.4 Å². The van der Waals surface area contributed by atoms with Gasteiger partial charge in [-0.1, -0.05) is 15.9 Å². The first-order chi connectivity index (χ1) is 12.2. The molecule has 1 aliphatic heterocycles. The molecular weight excluding hydrogens is 386 g/mol. The molecule has 134 valence electrons. The summed E-state index contributed by atoms with van der Waals surface area (Å²) in [5, 5.41) is 0. The van der Waals surface area contributed by atoms with E-state index in [0.29, 0.717) is 19.8 Å². The second-order valence-electron chi connectivity index (χ2n) is 5.85. The lowest BCUT2D eigenvalue weighted by Gasteiger charge is -2.22. The minimum Gasteiger partial charge on any atom is -0.497 e. The molecule has 6 heteroatoms. The molecule has 25 heavy (non-hydrogen) atoms. The third-order valence-corrected chi connectivity index (χ3v) is 4.69. The highest BCUT2D eigenvalue weighted by Crippen LogP contribution is 2.35. The summed E-state index contributed by atoms with van der Waals surface area (Å²) < 4.78 is 23.2. The van der Waals surface area contributed by atoms with E-state index in [1.54, 1.807) is 7.11 Å². The second kappa shape index (κ2) is 8.45. The van der Waals surface area contributed by atoms with Gasteiger partial charge in [-0.05, 0) is 49.0 Å². The molecule has 0 saturated carbocycles. The minimum absolute atomic E-state index is 0.597. The van der Waals surface area contributed by atoms with Gasteiger partial charge in [0.15, 0.2) is 11.5 Å². The Balaban J connectivity index is 1.51. The molecule has 0 fully saturated rings. The highest BCUT2D eigenvalue weighted by molar-refractivity contribution is 9.10. The van der Waals surface area contributed by atoms with E-state index in [1.807, 2.05) is 36.4 Å². The van der Waals surface area contributed by atoms with Crippen molar-refractivity contribution >= 4 is 15.9 Å². The summed E-state index contributed by atoms with van der Waals surface area (Å²) in [5.41, 5.74) is 1.16. The van der Waals surface area contributed by atoms with Gasteiger partial charge in [0, 0.05) is 17.6 Å². The highest BCUT2D eigenvalue weighted by Gasteiger charge is 2.15. The first-order valence-corrected chi connectivity index (χ1v) is 8.98. The third-order valence-electron chi connectivity index (χ3n) is 3.95. The Morgan fingerprint density at radius 1 is 1.04 bits per heavy atom. The van der Waals surface area contributed by atoms with Gasteiger partial charge in [0.05, 0.1) is 7.11 Å². The molecule has 2 aromatic rings. The van der Waals surface area contributed by atoms with Gasteiger partial charge in [0.25, 0.3) is 0 Å². The Hall–Kier alpha value is -1.92. The molecule has 2 aromatic carbocycles. The van der Waals surface area contributed by atoms with Crippen LogP contribution in [0.4, 0.5) is 0 Å². The standard InChI is InChI=1S/C19H22BrNO4/c1-21(7-8-23-16-5-3-15(22-2)4-6-16)13-14-11-18-19(12-17(14)20)25-10-9-24-18/h3-6,11-12H,7-10,13H2,1-2H3. The maximum Gasteiger partial charge on any atom is 0.162 e. The first kappa shape index (κ1) is 17.9. The molecule has 0 spiro atoms. The van der Waals surface area contributed by atoms with Gasteiger partial charge >= 0.3 is 0 Å². The van der Waals surface area contributed by atoms with Crippen molar-refractivity contribution in [2.45, 2.75) is 6.54 Å². The van der Waals surface area contributed by atoms with Crippen LogP contribution in [0.1, 0.15) is 5.56 Å². The quantitative estimate of drug-likeness (QED) is 0.698. The van der Waals surface area contributed by atoms with Gasteiger partial charge < -0.3 is 18.9 Å². The van der Waals surface area contributed by atoms with Crippen LogP contribution in [0.2, 0.25) is 0 Å². The second-order valence-corrected chi connectivity index (χ2v) is 6.70. The fraction of sp³-hybridized carbons (Fsp3) is 0.368. The van der Waals surface area contributed by atoms with E-state index in [0.717, 1.165) is 46.1 Å².